The Hall–Kier alpha value is -2.04. The lowest BCUT2D eigenvalue weighted by atomic mass is 10.2. The minimum atomic E-state index is -0.752. The Bertz CT molecular complexity index is 353. The van der Waals surface area contributed by atoms with Gasteiger partial charge >= 0.3 is 0 Å². The first-order valence-corrected chi connectivity index (χ1v) is 4.20. The highest BCUT2D eigenvalue weighted by Crippen LogP contribution is 2.33. The summed E-state index contributed by atoms with van der Waals surface area (Å²) in [6, 6.07) is 5.03. The van der Waals surface area contributed by atoms with E-state index in [2.05, 4.69) is 5.32 Å². The van der Waals surface area contributed by atoms with E-state index in [-0.39, 0.29) is 6.29 Å². The van der Waals surface area contributed by atoms with Gasteiger partial charge in [0, 0.05) is 0 Å². The first-order chi connectivity index (χ1) is 7.22. The van der Waals surface area contributed by atoms with Crippen LogP contribution in [0.3, 0.4) is 0 Å². The maximum absolute atomic E-state index is 10.9. The first kappa shape index (κ1) is 11.0. The molecule has 15 heavy (non-hydrogen) atoms. The Morgan fingerprint density at radius 3 is 2.20 bits per heavy atom. The second-order valence-corrected chi connectivity index (χ2v) is 2.64. The fraction of sp³-hybridized carbons (Fsp3) is 0.200. The zero-order chi connectivity index (χ0) is 11.3. The zero-order valence-corrected chi connectivity index (χ0v) is 8.44. The van der Waals surface area contributed by atoms with Crippen LogP contribution in [0.1, 0.15) is 0 Å². The third-order valence-corrected chi connectivity index (χ3v) is 1.78. The SMILES string of the molecule is COc1cccc(OC)c1NC(=O)C=O. The number of anilines is 1. The molecule has 0 saturated heterocycles. The predicted molar refractivity (Wildman–Crippen MR) is 54.2 cm³/mol. The molecule has 1 aromatic carbocycles. The van der Waals surface area contributed by atoms with Gasteiger partial charge < -0.3 is 14.8 Å². The molecular weight excluding hydrogens is 198 g/mol. The number of carbonyl (C=O) groups excluding carboxylic acids is 2. The third-order valence-electron chi connectivity index (χ3n) is 1.78. The lowest BCUT2D eigenvalue weighted by Gasteiger charge is -2.12. The molecule has 0 spiro atoms. The molecule has 0 aliphatic rings. The number of carbonyl (C=O) groups is 2. The van der Waals surface area contributed by atoms with Crippen LogP contribution >= 0.6 is 0 Å². The van der Waals surface area contributed by atoms with Gasteiger partial charge in [-0.25, -0.2) is 0 Å². The van der Waals surface area contributed by atoms with Crippen molar-refractivity contribution >= 4 is 17.9 Å². The smallest absolute Gasteiger partial charge is 0.288 e. The highest BCUT2D eigenvalue weighted by atomic mass is 16.5. The number of amides is 1. The van der Waals surface area contributed by atoms with Gasteiger partial charge in [0.25, 0.3) is 5.91 Å². The van der Waals surface area contributed by atoms with Gasteiger partial charge in [-0.15, -0.1) is 0 Å². The molecule has 0 heterocycles. The number of hydrogen-bond donors (Lipinski definition) is 1. The van der Waals surface area contributed by atoms with Gasteiger partial charge in [-0.3, -0.25) is 9.59 Å². The summed E-state index contributed by atoms with van der Waals surface area (Å²) in [5.74, 6) is 0.118. The maximum atomic E-state index is 10.9. The predicted octanol–water partition coefficient (Wildman–Crippen LogP) is 0.841. The highest BCUT2D eigenvalue weighted by molar-refractivity contribution is 6.30. The van der Waals surface area contributed by atoms with Crippen molar-refractivity contribution in [1.29, 1.82) is 0 Å². The molecule has 0 atom stereocenters. The third kappa shape index (κ3) is 2.46. The van der Waals surface area contributed by atoms with Crippen LogP contribution in [0.2, 0.25) is 0 Å². The number of aldehydes is 1. The molecule has 1 rings (SSSR count). The standard InChI is InChI=1S/C10H11NO4/c1-14-7-4-3-5-8(15-2)10(7)11-9(13)6-12/h3-6H,1-2H3,(H,11,13). The van der Waals surface area contributed by atoms with Crippen molar-refractivity contribution in [2.75, 3.05) is 19.5 Å². The first-order valence-electron chi connectivity index (χ1n) is 4.20. The maximum Gasteiger partial charge on any atom is 0.288 e. The number of nitrogens with one attached hydrogen (secondary N) is 1. The Morgan fingerprint density at radius 1 is 1.27 bits per heavy atom. The van der Waals surface area contributed by atoms with Crippen LogP contribution in [0.25, 0.3) is 0 Å². The van der Waals surface area contributed by atoms with Gasteiger partial charge in [-0.2, -0.15) is 0 Å². The van der Waals surface area contributed by atoms with Crippen molar-refractivity contribution in [2.24, 2.45) is 0 Å². The Kier molecular flexibility index (Phi) is 3.68. The molecule has 0 radical (unpaired) electrons. The Balaban J connectivity index is 3.10. The van der Waals surface area contributed by atoms with Crippen LogP contribution in [0.5, 0.6) is 11.5 Å². The summed E-state index contributed by atoms with van der Waals surface area (Å²) in [7, 11) is 2.93. The Morgan fingerprint density at radius 2 is 1.80 bits per heavy atom. The van der Waals surface area contributed by atoms with E-state index in [1.54, 1.807) is 18.2 Å². The number of hydrogen-bond acceptors (Lipinski definition) is 4. The van der Waals surface area contributed by atoms with E-state index in [1.807, 2.05) is 0 Å². The number of rotatable bonds is 4. The van der Waals surface area contributed by atoms with Crippen LogP contribution < -0.4 is 14.8 Å². The van der Waals surface area contributed by atoms with E-state index in [1.165, 1.54) is 14.2 Å². The van der Waals surface area contributed by atoms with Gasteiger partial charge in [0.05, 0.1) is 14.2 Å². The lowest BCUT2D eigenvalue weighted by molar-refractivity contribution is -0.127. The molecule has 0 aliphatic carbocycles. The topological polar surface area (TPSA) is 64.6 Å². The summed E-state index contributed by atoms with van der Waals surface area (Å²) < 4.78 is 10.0. The molecule has 1 amide bonds. The largest absolute Gasteiger partial charge is 0.494 e. The van der Waals surface area contributed by atoms with E-state index >= 15 is 0 Å². The summed E-state index contributed by atoms with van der Waals surface area (Å²) in [4.78, 5) is 21.1. The lowest BCUT2D eigenvalue weighted by Crippen LogP contribution is -2.13. The number of methoxy groups -OCH3 is 2. The molecule has 0 fully saturated rings. The minimum absolute atomic E-state index is 0.186. The molecule has 5 nitrogen and oxygen atoms in total. The fourth-order valence-corrected chi connectivity index (χ4v) is 1.13. The fourth-order valence-electron chi connectivity index (χ4n) is 1.13. The summed E-state index contributed by atoms with van der Waals surface area (Å²) in [5.41, 5.74) is 0.347. The average Bonchev–Trinajstić information content (AvgIpc) is 2.29. The van der Waals surface area contributed by atoms with Gasteiger partial charge in [-0.1, -0.05) is 6.07 Å². The van der Waals surface area contributed by atoms with E-state index in [0.29, 0.717) is 17.2 Å². The molecule has 0 unspecified atom stereocenters. The van der Waals surface area contributed by atoms with Crippen molar-refractivity contribution in [2.45, 2.75) is 0 Å². The monoisotopic (exact) mass is 209 g/mol. The van der Waals surface area contributed by atoms with Crippen LogP contribution in [-0.4, -0.2) is 26.4 Å². The Labute approximate surface area is 87.0 Å². The molecule has 0 aliphatic heterocycles. The van der Waals surface area contributed by atoms with E-state index in [4.69, 9.17) is 9.47 Å². The second kappa shape index (κ2) is 4.99. The molecule has 0 saturated carbocycles. The second-order valence-electron chi connectivity index (χ2n) is 2.64. The van der Waals surface area contributed by atoms with Crippen molar-refractivity contribution < 1.29 is 19.1 Å². The van der Waals surface area contributed by atoms with Crippen molar-refractivity contribution in [3.63, 3.8) is 0 Å². The molecule has 0 aromatic heterocycles. The average molecular weight is 209 g/mol. The van der Waals surface area contributed by atoms with Crippen LogP contribution in [0.15, 0.2) is 18.2 Å². The number of ether oxygens (including phenoxy) is 2. The molecule has 80 valence electrons. The summed E-state index contributed by atoms with van der Waals surface area (Å²) >= 11 is 0. The van der Waals surface area contributed by atoms with Gasteiger partial charge in [-0.05, 0) is 12.1 Å². The summed E-state index contributed by atoms with van der Waals surface area (Å²) in [6.45, 7) is 0. The van der Waals surface area contributed by atoms with Gasteiger partial charge in [0.15, 0.2) is 0 Å². The quantitative estimate of drug-likeness (QED) is 0.589. The van der Waals surface area contributed by atoms with Gasteiger partial charge in [0.1, 0.15) is 17.2 Å². The number of benzene rings is 1. The zero-order valence-electron chi connectivity index (χ0n) is 8.44. The summed E-state index contributed by atoms with van der Waals surface area (Å²) in [5, 5.41) is 2.37. The normalized spacial score (nSPS) is 9.20. The van der Waals surface area contributed by atoms with E-state index in [9.17, 15) is 9.59 Å². The van der Waals surface area contributed by atoms with Crippen LogP contribution in [-0.2, 0) is 9.59 Å². The van der Waals surface area contributed by atoms with E-state index < -0.39 is 5.91 Å². The van der Waals surface area contributed by atoms with E-state index in [0.717, 1.165) is 0 Å². The molecule has 1 N–H and O–H groups in total. The molecule has 5 heteroatoms. The minimum Gasteiger partial charge on any atom is -0.494 e. The van der Waals surface area contributed by atoms with Crippen molar-refractivity contribution in [3.8, 4) is 11.5 Å². The highest BCUT2D eigenvalue weighted by Gasteiger charge is 2.11. The summed E-state index contributed by atoms with van der Waals surface area (Å²) in [6.07, 6.45) is 0.186. The number of para-hydroxylation sites is 1. The van der Waals surface area contributed by atoms with Crippen LogP contribution in [0.4, 0.5) is 5.69 Å². The molecule has 0 bridgehead atoms. The van der Waals surface area contributed by atoms with Crippen LogP contribution in [0, 0.1) is 0 Å². The molecular formula is C10H11NO4. The van der Waals surface area contributed by atoms with Gasteiger partial charge in [0.2, 0.25) is 6.29 Å². The van der Waals surface area contributed by atoms with Crippen molar-refractivity contribution in [3.05, 3.63) is 18.2 Å². The molecule has 1 aromatic rings. The van der Waals surface area contributed by atoms with Crippen molar-refractivity contribution in [1.82, 2.24) is 0 Å².